The molecule has 0 spiro atoms. The van der Waals surface area contributed by atoms with E-state index in [2.05, 4.69) is 49.7 Å². The molecule has 3 aromatic rings. The molecule has 0 atom stereocenters. The minimum absolute atomic E-state index is 0.0519. The zero-order chi connectivity index (χ0) is 22.9. The van der Waals surface area contributed by atoms with Crippen molar-refractivity contribution in [3.63, 3.8) is 0 Å². The number of thiazole rings is 1. The first-order valence-electron chi connectivity index (χ1n) is 11.2. The fraction of sp³-hybridized carbons (Fsp3) is 0.320. The van der Waals surface area contributed by atoms with Crippen LogP contribution in [0, 0.1) is 0 Å². The van der Waals surface area contributed by atoms with Crippen LogP contribution in [0.4, 0.5) is 5.13 Å². The normalized spacial score (nSPS) is 14.7. The number of carbonyl (C=O) groups is 2. The number of aromatic nitrogens is 1. The number of hydrogen-bond donors (Lipinski definition) is 2. The predicted octanol–water partition coefficient (Wildman–Crippen LogP) is 2.87. The number of anilines is 1. The van der Waals surface area contributed by atoms with Crippen LogP contribution in [0.1, 0.15) is 21.6 Å². The third-order valence-electron chi connectivity index (χ3n) is 5.61. The fourth-order valence-corrected chi connectivity index (χ4v) is 4.50. The third-order valence-corrected chi connectivity index (χ3v) is 6.42. The molecular weight excluding hydrogens is 434 g/mol. The van der Waals surface area contributed by atoms with Crippen molar-refractivity contribution in [3.05, 3.63) is 82.9 Å². The van der Waals surface area contributed by atoms with Crippen LogP contribution in [0.15, 0.2) is 66.0 Å². The Morgan fingerprint density at radius 2 is 1.58 bits per heavy atom. The van der Waals surface area contributed by atoms with Gasteiger partial charge in [0.2, 0.25) is 5.91 Å². The van der Waals surface area contributed by atoms with Crippen LogP contribution in [0.5, 0.6) is 0 Å². The van der Waals surface area contributed by atoms with Crippen LogP contribution >= 0.6 is 11.3 Å². The lowest BCUT2D eigenvalue weighted by molar-refractivity contribution is -0.120. The van der Waals surface area contributed by atoms with E-state index in [9.17, 15) is 9.59 Å². The lowest BCUT2D eigenvalue weighted by Crippen LogP contribution is -2.48. The van der Waals surface area contributed by atoms with Gasteiger partial charge in [-0.3, -0.25) is 24.7 Å². The number of rotatable bonds is 9. The smallest absolute Gasteiger partial charge is 0.257 e. The lowest BCUT2D eigenvalue weighted by Gasteiger charge is -2.34. The molecule has 2 N–H and O–H groups in total. The van der Waals surface area contributed by atoms with Crippen molar-refractivity contribution in [2.24, 2.45) is 0 Å². The minimum atomic E-state index is -0.204. The van der Waals surface area contributed by atoms with E-state index in [1.807, 2.05) is 29.6 Å². The molecule has 4 rings (SSSR count). The molecule has 1 aliphatic rings. The van der Waals surface area contributed by atoms with Gasteiger partial charge >= 0.3 is 0 Å². The van der Waals surface area contributed by atoms with Crippen molar-refractivity contribution in [3.8, 4) is 0 Å². The second-order valence-corrected chi connectivity index (χ2v) is 8.95. The number of hydrogen-bond acceptors (Lipinski definition) is 6. The number of nitrogens with one attached hydrogen (secondary N) is 2. The van der Waals surface area contributed by atoms with Gasteiger partial charge in [-0.1, -0.05) is 48.5 Å². The van der Waals surface area contributed by atoms with Crippen molar-refractivity contribution in [1.82, 2.24) is 20.1 Å². The standard InChI is InChI=1S/C25H29N5O2S/c31-23(17-22-19-33-25(27-22)28-24(32)21-9-5-2-6-10-21)26-11-12-29-13-15-30(16-14-29)18-20-7-3-1-4-8-20/h1-10,19H,11-18H2,(H,26,31)(H,27,28,32). The highest BCUT2D eigenvalue weighted by Gasteiger charge is 2.17. The number of amides is 2. The molecule has 33 heavy (non-hydrogen) atoms. The molecule has 0 aliphatic carbocycles. The van der Waals surface area contributed by atoms with E-state index in [0.717, 1.165) is 39.3 Å². The van der Waals surface area contributed by atoms with Crippen molar-refractivity contribution in [2.75, 3.05) is 44.6 Å². The van der Waals surface area contributed by atoms with E-state index >= 15 is 0 Å². The molecular formula is C25H29N5O2S. The maximum atomic E-state index is 12.3. The first-order chi connectivity index (χ1) is 16.2. The molecule has 2 amide bonds. The van der Waals surface area contributed by atoms with E-state index in [4.69, 9.17) is 0 Å². The summed E-state index contributed by atoms with van der Waals surface area (Å²) in [7, 11) is 0. The maximum absolute atomic E-state index is 12.3. The number of benzene rings is 2. The Bertz CT molecular complexity index is 1030. The highest BCUT2D eigenvalue weighted by atomic mass is 32.1. The van der Waals surface area contributed by atoms with Crippen LogP contribution in [-0.2, 0) is 17.8 Å². The van der Waals surface area contributed by atoms with E-state index in [1.165, 1.54) is 16.9 Å². The van der Waals surface area contributed by atoms with Gasteiger partial charge in [0.1, 0.15) is 0 Å². The lowest BCUT2D eigenvalue weighted by atomic mass is 10.2. The molecule has 0 bridgehead atoms. The number of nitrogens with zero attached hydrogens (tertiary/aromatic N) is 3. The molecule has 0 unspecified atom stereocenters. The van der Waals surface area contributed by atoms with E-state index < -0.39 is 0 Å². The summed E-state index contributed by atoms with van der Waals surface area (Å²) >= 11 is 1.33. The maximum Gasteiger partial charge on any atom is 0.257 e. The summed E-state index contributed by atoms with van der Waals surface area (Å²) in [5.74, 6) is -0.256. The van der Waals surface area contributed by atoms with E-state index in [-0.39, 0.29) is 18.2 Å². The molecule has 0 radical (unpaired) electrons. The summed E-state index contributed by atoms with van der Waals surface area (Å²) in [6.45, 7) is 6.57. The van der Waals surface area contributed by atoms with Crippen molar-refractivity contribution in [2.45, 2.75) is 13.0 Å². The summed E-state index contributed by atoms with van der Waals surface area (Å²) in [5, 5.41) is 8.08. The Hall–Kier alpha value is -3.07. The Balaban J connectivity index is 1.12. The van der Waals surface area contributed by atoms with E-state index in [0.29, 0.717) is 22.9 Å². The quantitative estimate of drug-likeness (QED) is 0.510. The van der Waals surface area contributed by atoms with Crippen LogP contribution in [0.2, 0.25) is 0 Å². The molecule has 7 nitrogen and oxygen atoms in total. The first kappa shape index (κ1) is 23.1. The van der Waals surface area contributed by atoms with Gasteiger partial charge in [-0.2, -0.15) is 0 Å². The molecule has 1 aromatic heterocycles. The van der Waals surface area contributed by atoms with Gasteiger partial charge in [-0.25, -0.2) is 4.98 Å². The largest absolute Gasteiger partial charge is 0.354 e. The summed E-state index contributed by atoms with van der Waals surface area (Å²) in [6.07, 6.45) is 0.211. The molecule has 1 fully saturated rings. The molecule has 172 valence electrons. The van der Waals surface area contributed by atoms with Gasteiger partial charge in [0.05, 0.1) is 12.1 Å². The highest BCUT2D eigenvalue weighted by Crippen LogP contribution is 2.17. The number of carbonyl (C=O) groups excluding carboxylic acids is 2. The minimum Gasteiger partial charge on any atom is -0.354 e. The van der Waals surface area contributed by atoms with Gasteiger partial charge in [0, 0.05) is 56.8 Å². The van der Waals surface area contributed by atoms with Crippen molar-refractivity contribution >= 4 is 28.3 Å². The highest BCUT2D eigenvalue weighted by molar-refractivity contribution is 7.14. The van der Waals surface area contributed by atoms with E-state index in [1.54, 1.807) is 12.1 Å². The third kappa shape index (κ3) is 7.21. The van der Waals surface area contributed by atoms with Gasteiger partial charge in [-0.05, 0) is 17.7 Å². The molecule has 0 saturated carbocycles. The van der Waals surface area contributed by atoms with Gasteiger partial charge < -0.3 is 5.32 Å². The summed E-state index contributed by atoms with van der Waals surface area (Å²) in [6, 6.07) is 19.6. The van der Waals surface area contributed by atoms with Gasteiger partial charge in [-0.15, -0.1) is 11.3 Å². The van der Waals surface area contributed by atoms with Gasteiger partial charge in [0.25, 0.3) is 5.91 Å². The Labute approximate surface area is 198 Å². The topological polar surface area (TPSA) is 77.6 Å². The fourth-order valence-electron chi connectivity index (χ4n) is 3.80. The predicted molar refractivity (Wildman–Crippen MR) is 131 cm³/mol. The van der Waals surface area contributed by atoms with Crippen LogP contribution < -0.4 is 10.6 Å². The molecule has 8 heteroatoms. The number of piperazine rings is 1. The Morgan fingerprint density at radius 3 is 2.30 bits per heavy atom. The summed E-state index contributed by atoms with van der Waals surface area (Å²) < 4.78 is 0. The molecule has 2 heterocycles. The summed E-state index contributed by atoms with van der Waals surface area (Å²) in [4.78, 5) is 33.7. The first-order valence-corrected chi connectivity index (χ1v) is 12.1. The monoisotopic (exact) mass is 463 g/mol. The van der Waals surface area contributed by atoms with Crippen molar-refractivity contribution < 1.29 is 9.59 Å². The van der Waals surface area contributed by atoms with Gasteiger partial charge in [0.15, 0.2) is 5.13 Å². The average molecular weight is 464 g/mol. The van der Waals surface area contributed by atoms with Crippen molar-refractivity contribution in [1.29, 1.82) is 0 Å². The van der Waals surface area contributed by atoms with Crippen LogP contribution in [-0.4, -0.2) is 65.9 Å². The molecule has 2 aromatic carbocycles. The zero-order valence-electron chi connectivity index (χ0n) is 18.6. The average Bonchev–Trinajstić information content (AvgIpc) is 3.28. The molecule has 1 saturated heterocycles. The Morgan fingerprint density at radius 1 is 0.909 bits per heavy atom. The van der Waals surface area contributed by atoms with Crippen LogP contribution in [0.3, 0.4) is 0 Å². The zero-order valence-corrected chi connectivity index (χ0v) is 19.4. The molecule has 1 aliphatic heterocycles. The SMILES string of the molecule is O=C(Cc1csc(NC(=O)c2ccccc2)n1)NCCN1CCN(Cc2ccccc2)CC1. The second kappa shape index (κ2) is 11.7. The summed E-state index contributed by atoms with van der Waals surface area (Å²) in [5.41, 5.74) is 2.59. The van der Waals surface area contributed by atoms with Crippen LogP contribution in [0.25, 0.3) is 0 Å². The second-order valence-electron chi connectivity index (χ2n) is 8.09. The Kier molecular flexibility index (Phi) is 8.19.